The third kappa shape index (κ3) is 2.55. The van der Waals surface area contributed by atoms with E-state index in [2.05, 4.69) is 15.5 Å². The number of aliphatic carboxylic acids is 1. The summed E-state index contributed by atoms with van der Waals surface area (Å²) in [4.78, 5) is 10.8. The molecule has 2 N–H and O–H groups in total. The van der Waals surface area contributed by atoms with E-state index < -0.39 is 12.1 Å². The number of fused-ring (bicyclic) bond motifs is 1. The molecule has 0 radical (unpaired) electrons. The average Bonchev–Trinajstić information content (AvgIpc) is 2.94. The first-order chi connectivity index (χ1) is 9.74. The van der Waals surface area contributed by atoms with Crippen LogP contribution in [-0.4, -0.2) is 40.0 Å². The first kappa shape index (κ1) is 12.8. The molecule has 2 atom stereocenters. The molecule has 0 bridgehead atoms. The molecule has 0 spiro atoms. The van der Waals surface area contributed by atoms with Gasteiger partial charge in [-0.25, -0.2) is 4.79 Å². The minimum atomic E-state index is -0.886. The van der Waals surface area contributed by atoms with Gasteiger partial charge in [0.25, 0.3) is 0 Å². The molecule has 6 heteroatoms. The summed E-state index contributed by atoms with van der Waals surface area (Å²) in [6, 6.07) is 7.74. The number of anilines is 1. The van der Waals surface area contributed by atoms with Gasteiger partial charge in [-0.1, -0.05) is 18.2 Å². The highest BCUT2D eigenvalue weighted by Crippen LogP contribution is 2.23. The lowest BCUT2D eigenvalue weighted by atomic mass is 10.2. The van der Waals surface area contributed by atoms with Crippen LogP contribution in [-0.2, 0) is 9.53 Å². The smallest absolute Gasteiger partial charge is 0.332 e. The highest BCUT2D eigenvalue weighted by molar-refractivity contribution is 5.90. The standard InChI is InChI=1S/C14H15N3O3/c18-14(19)13-6-5-9(20-13)7-15-12-8-16-17-11-4-2-1-3-10(11)12/h1-4,8-9,13H,5-7H2,(H,15,17)(H,18,19). The van der Waals surface area contributed by atoms with E-state index in [1.165, 1.54) is 0 Å². The summed E-state index contributed by atoms with van der Waals surface area (Å²) >= 11 is 0. The fraction of sp³-hybridized carbons (Fsp3) is 0.357. The Balaban J connectivity index is 1.67. The number of hydrogen-bond acceptors (Lipinski definition) is 5. The Bertz CT molecular complexity index is 627. The highest BCUT2D eigenvalue weighted by Gasteiger charge is 2.30. The molecular formula is C14H15N3O3. The first-order valence-electron chi connectivity index (χ1n) is 6.56. The molecule has 2 unspecified atom stereocenters. The second-order valence-corrected chi connectivity index (χ2v) is 4.82. The average molecular weight is 273 g/mol. The van der Waals surface area contributed by atoms with Crippen LogP contribution in [0.25, 0.3) is 10.9 Å². The van der Waals surface area contributed by atoms with Gasteiger partial charge in [0.15, 0.2) is 6.10 Å². The number of hydrogen-bond donors (Lipinski definition) is 2. The van der Waals surface area contributed by atoms with Crippen molar-refractivity contribution in [3.8, 4) is 0 Å². The molecule has 2 aromatic rings. The number of ether oxygens (including phenoxy) is 1. The van der Waals surface area contributed by atoms with Crippen LogP contribution in [0.1, 0.15) is 12.8 Å². The van der Waals surface area contributed by atoms with Crippen molar-refractivity contribution in [2.24, 2.45) is 0 Å². The van der Waals surface area contributed by atoms with Gasteiger partial charge in [0.2, 0.25) is 0 Å². The summed E-state index contributed by atoms with van der Waals surface area (Å²) < 4.78 is 5.46. The maximum absolute atomic E-state index is 10.8. The molecule has 1 fully saturated rings. The lowest BCUT2D eigenvalue weighted by molar-refractivity contribution is -0.149. The van der Waals surface area contributed by atoms with Gasteiger partial charge in [0, 0.05) is 11.9 Å². The predicted molar refractivity (Wildman–Crippen MR) is 73.6 cm³/mol. The van der Waals surface area contributed by atoms with E-state index in [-0.39, 0.29) is 6.10 Å². The summed E-state index contributed by atoms with van der Waals surface area (Å²) in [7, 11) is 0. The third-order valence-corrected chi connectivity index (χ3v) is 3.45. The van der Waals surface area contributed by atoms with Crippen LogP contribution in [0.5, 0.6) is 0 Å². The molecule has 1 aliphatic rings. The molecule has 1 aromatic heterocycles. The highest BCUT2D eigenvalue weighted by atomic mass is 16.5. The summed E-state index contributed by atoms with van der Waals surface area (Å²) in [5.74, 6) is -0.886. The fourth-order valence-corrected chi connectivity index (χ4v) is 2.41. The molecule has 1 aromatic carbocycles. The SMILES string of the molecule is O=C(O)C1CCC(CNc2cnnc3ccccc23)O1. The Morgan fingerprint density at radius 1 is 1.40 bits per heavy atom. The van der Waals surface area contributed by atoms with Gasteiger partial charge in [-0.05, 0) is 18.9 Å². The van der Waals surface area contributed by atoms with Gasteiger partial charge in [-0.3, -0.25) is 0 Å². The number of nitrogens with zero attached hydrogens (tertiary/aromatic N) is 2. The summed E-state index contributed by atoms with van der Waals surface area (Å²) in [6.07, 6.45) is 2.24. The van der Waals surface area contributed by atoms with Crippen LogP contribution >= 0.6 is 0 Å². The summed E-state index contributed by atoms with van der Waals surface area (Å²) in [5.41, 5.74) is 1.71. The van der Waals surface area contributed by atoms with Crippen molar-refractivity contribution in [2.45, 2.75) is 25.0 Å². The van der Waals surface area contributed by atoms with E-state index in [1.807, 2.05) is 24.3 Å². The van der Waals surface area contributed by atoms with Crippen molar-refractivity contribution in [3.05, 3.63) is 30.5 Å². The second-order valence-electron chi connectivity index (χ2n) is 4.82. The van der Waals surface area contributed by atoms with E-state index >= 15 is 0 Å². The minimum Gasteiger partial charge on any atom is -0.479 e. The van der Waals surface area contributed by atoms with Crippen LogP contribution in [0.4, 0.5) is 5.69 Å². The minimum absolute atomic E-state index is 0.0805. The number of carboxylic acids is 1. The molecule has 6 nitrogen and oxygen atoms in total. The lowest BCUT2D eigenvalue weighted by Crippen LogP contribution is -2.24. The van der Waals surface area contributed by atoms with Crippen LogP contribution < -0.4 is 5.32 Å². The van der Waals surface area contributed by atoms with Gasteiger partial charge in [0.1, 0.15) is 0 Å². The summed E-state index contributed by atoms with van der Waals surface area (Å²) in [5, 5.41) is 21.2. The van der Waals surface area contributed by atoms with Gasteiger partial charge in [-0.2, -0.15) is 10.2 Å². The number of carbonyl (C=O) groups is 1. The Labute approximate surface area is 115 Å². The van der Waals surface area contributed by atoms with E-state index in [0.717, 1.165) is 23.0 Å². The Morgan fingerprint density at radius 2 is 2.25 bits per heavy atom. The van der Waals surface area contributed by atoms with E-state index in [4.69, 9.17) is 9.84 Å². The van der Waals surface area contributed by atoms with E-state index in [9.17, 15) is 4.79 Å². The maximum Gasteiger partial charge on any atom is 0.332 e. The molecule has 3 rings (SSSR count). The Morgan fingerprint density at radius 3 is 3.05 bits per heavy atom. The summed E-state index contributed by atoms with van der Waals surface area (Å²) in [6.45, 7) is 0.569. The number of benzene rings is 1. The maximum atomic E-state index is 10.8. The van der Waals surface area contributed by atoms with E-state index in [1.54, 1.807) is 6.20 Å². The molecule has 2 heterocycles. The van der Waals surface area contributed by atoms with Crippen LogP contribution in [0.3, 0.4) is 0 Å². The normalized spacial score (nSPS) is 22.0. The Kier molecular flexibility index (Phi) is 3.47. The van der Waals surface area contributed by atoms with Crippen LogP contribution in [0, 0.1) is 0 Å². The number of rotatable bonds is 4. The van der Waals surface area contributed by atoms with Crippen molar-refractivity contribution in [1.82, 2.24) is 10.2 Å². The number of aromatic nitrogens is 2. The first-order valence-corrected chi connectivity index (χ1v) is 6.56. The molecule has 1 saturated heterocycles. The van der Waals surface area contributed by atoms with Gasteiger partial charge < -0.3 is 15.2 Å². The molecule has 20 heavy (non-hydrogen) atoms. The number of nitrogens with one attached hydrogen (secondary N) is 1. The lowest BCUT2D eigenvalue weighted by Gasteiger charge is -2.14. The van der Waals surface area contributed by atoms with Crippen molar-refractivity contribution in [1.29, 1.82) is 0 Å². The van der Waals surface area contributed by atoms with Crippen molar-refractivity contribution in [3.63, 3.8) is 0 Å². The van der Waals surface area contributed by atoms with Gasteiger partial charge >= 0.3 is 5.97 Å². The quantitative estimate of drug-likeness (QED) is 0.881. The zero-order valence-corrected chi connectivity index (χ0v) is 10.8. The zero-order chi connectivity index (χ0) is 13.9. The number of carboxylic acid groups (broad SMARTS) is 1. The second kappa shape index (κ2) is 5.42. The molecule has 0 aliphatic carbocycles. The zero-order valence-electron chi connectivity index (χ0n) is 10.8. The molecule has 104 valence electrons. The Hall–Kier alpha value is -2.21. The monoisotopic (exact) mass is 273 g/mol. The van der Waals surface area contributed by atoms with Crippen molar-refractivity contribution in [2.75, 3.05) is 11.9 Å². The topological polar surface area (TPSA) is 84.3 Å². The molecular weight excluding hydrogens is 258 g/mol. The van der Waals surface area contributed by atoms with E-state index in [0.29, 0.717) is 13.0 Å². The van der Waals surface area contributed by atoms with Gasteiger partial charge in [0.05, 0.1) is 23.5 Å². The van der Waals surface area contributed by atoms with Crippen LogP contribution in [0.2, 0.25) is 0 Å². The molecule has 0 saturated carbocycles. The van der Waals surface area contributed by atoms with Crippen LogP contribution in [0.15, 0.2) is 30.5 Å². The third-order valence-electron chi connectivity index (χ3n) is 3.45. The molecule has 1 aliphatic heterocycles. The predicted octanol–water partition coefficient (Wildman–Crippen LogP) is 1.67. The van der Waals surface area contributed by atoms with Crippen molar-refractivity contribution < 1.29 is 14.6 Å². The fourth-order valence-electron chi connectivity index (χ4n) is 2.41. The molecule has 0 amide bonds. The van der Waals surface area contributed by atoms with Crippen molar-refractivity contribution >= 4 is 22.6 Å². The van der Waals surface area contributed by atoms with Gasteiger partial charge in [-0.15, -0.1) is 0 Å². The largest absolute Gasteiger partial charge is 0.479 e.